The number of ether oxygens (including phenoxy) is 3. The zero-order chi connectivity index (χ0) is 19.1. The van der Waals surface area contributed by atoms with Crippen molar-refractivity contribution in [3.63, 3.8) is 0 Å². The highest BCUT2D eigenvalue weighted by Gasteiger charge is 2.14. The second-order valence-electron chi connectivity index (χ2n) is 5.05. The molecule has 0 unspecified atom stereocenters. The van der Waals surface area contributed by atoms with Crippen molar-refractivity contribution in [3.05, 3.63) is 52.8 Å². The van der Waals surface area contributed by atoms with E-state index in [0.717, 1.165) is 6.07 Å². The van der Waals surface area contributed by atoms with Gasteiger partial charge in [-0.1, -0.05) is 11.6 Å². The first-order valence-corrected chi connectivity index (χ1v) is 8.05. The highest BCUT2D eigenvalue weighted by molar-refractivity contribution is 6.31. The van der Waals surface area contributed by atoms with Crippen molar-refractivity contribution in [3.8, 4) is 11.5 Å². The van der Waals surface area contributed by atoms with Gasteiger partial charge in [0.15, 0.2) is 18.1 Å². The van der Waals surface area contributed by atoms with Crippen LogP contribution in [0, 0.1) is 5.82 Å². The number of rotatable bonds is 7. The lowest BCUT2D eigenvalue weighted by Gasteiger charge is -2.11. The maximum atomic E-state index is 13.1. The van der Waals surface area contributed by atoms with Crippen molar-refractivity contribution in [2.45, 2.75) is 6.92 Å². The molecular weight excluding hydrogens is 365 g/mol. The van der Waals surface area contributed by atoms with Crippen molar-refractivity contribution in [2.24, 2.45) is 0 Å². The fourth-order valence-corrected chi connectivity index (χ4v) is 2.24. The number of hydrogen-bond acceptors (Lipinski definition) is 5. The van der Waals surface area contributed by atoms with Gasteiger partial charge in [0.25, 0.3) is 5.91 Å². The topological polar surface area (TPSA) is 73.9 Å². The summed E-state index contributed by atoms with van der Waals surface area (Å²) in [5.41, 5.74) is 0.507. The van der Waals surface area contributed by atoms with E-state index in [1.54, 1.807) is 13.0 Å². The van der Waals surface area contributed by atoms with E-state index in [2.05, 4.69) is 5.32 Å². The third-order valence-electron chi connectivity index (χ3n) is 3.24. The number of halogens is 2. The monoisotopic (exact) mass is 381 g/mol. The minimum Gasteiger partial charge on any atom is -0.493 e. The molecule has 1 N–H and O–H groups in total. The van der Waals surface area contributed by atoms with Gasteiger partial charge in [-0.3, -0.25) is 4.79 Å². The van der Waals surface area contributed by atoms with E-state index in [9.17, 15) is 14.0 Å². The minimum atomic E-state index is -0.694. The van der Waals surface area contributed by atoms with Crippen LogP contribution in [0.5, 0.6) is 11.5 Å². The van der Waals surface area contributed by atoms with Gasteiger partial charge in [-0.05, 0) is 43.3 Å². The van der Waals surface area contributed by atoms with Crippen LogP contribution in [-0.2, 0) is 9.53 Å². The predicted molar refractivity (Wildman–Crippen MR) is 94.5 cm³/mol. The molecule has 6 nitrogen and oxygen atoms in total. The van der Waals surface area contributed by atoms with Crippen molar-refractivity contribution in [2.75, 3.05) is 25.6 Å². The van der Waals surface area contributed by atoms with Crippen LogP contribution in [0.3, 0.4) is 0 Å². The van der Waals surface area contributed by atoms with E-state index < -0.39 is 24.3 Å². The molecule has 138 valence electrons. The maximum Gasteiger partial charge on any atom is 0.338 e. The smallest absolute Gasteiger partial charge is 0.338 e. The second kappa shape index (κ2) is 9.05. The zero-order valence-electron chi connectivity index (χ0n) is 14.2. The number of nitrogens with one attached hydrogen (secondary N) is 1. The molecule has 8 heteroatoms. The van der Waals surface area contributed by atoms with Crippen LogP contribution in [-0.4, -0.2) is 32.2 Å². The number of benzene rings is 2. The van der Waals surface area contributed by atoms with Crippen LogP contribution in [0.1, 0.15) is 17.3 Å². The molecule has 0 heterocycles. The largest absolute Gasteiger partial charge is 0.493 e. The van der Waals surface area contributed by atoms with Gasteiger partial charge < -0.3 is 19.5 Å². The van der Waals surface area contributed by atoms with Gasteiger partial charge in [0.2, 0.25) is 0 Å². The minimum absolute atomic E-state index is 0.124. The third kappa shape index (κ3) is 5.10. The molecule has 0 aliphatic rings. The first kappa shape index (κ1) is 19.5. The fourth-order valence-electron chi connectivity index (χ4n) is 2.06. The van der Waals surface area contributed by atoms with Crippen molar-refractivity contribution in [1.82, 2.24) is 0 Å². The van der Waals surface area contributed by atoms with Crippen molar-refractivity contribution < 1.29 is 28.2 Å². The Morgan fingerprint density at radius 1 is 1.15 bits per heavy atom. The Labute approximate surface area is 154 Å². The summed E-state index contributed by atoms with van der Waals surface area (Å²) in [7, 11) is 1.49. The Kier molecular flexibility index (Phi) is 6.80. The summed E-state index contributed by atoms with van der Waals surface area (Å²) in [6, 6.07) is 8.27. The Morgan fingerprint density at radius 2 is 1.92 bits per heavy atom. The molecule has 0 radical (unpaired) electrons. The lowest BCUT2D eigenvalue weighted by molar-refractivity contribution is -0.119. The van der Waals surface area contributed by atoms with Gasteiger partial charge in [0.05, 0.1) is 24.3 Å². The summed E-state index contributed by atoms with van der Waals surface area (Å²) in [5.74, 6) is -0.995. The highest BCUT2D eigenvalue weighted by atomic mass is 35.5. The van der Waals surface area contributed by atoms with E-state index in [-0.39, 0.29) is 10.6 Å². The van der Waals surface area contributed by atoms with Gasteiger partial charge in [-0.15, -0.1) is 0 Å². The average molecular weight is 382 g/mol. The van der Waals surface area contributed by atoms with E-state index >= 15 is 0 Å². The molecule has 26 heavy (non-hydrogen) atoms. The summed E-state index contributed by atoms with van der Waals surface area (Å²) < 4.78 is 28.6. The molecule has 2 aromatic rings. The number of carbonyl (C=O) groups excluding carboxylic acids is 2. The number of anilines is 1. The molecular formula is C18H17ClFNO5. The van der Waals surface area contributed by atoms with E-state index in [1.165, 1.54) is 31.4 Å². The van der Waals surface area contributed by atoms with E-state index in [4.69, 9.17) is 25.8 Å². The molecule has 2 rings (SSSR count). The second-order valence-corrected chi connectivity index (χ2v) is 5.46. The average Bonchev–Trinajstić information content (AvgIpc) is 2.63. The molecule has 0 saturated carbocycles. The number of hydrogen-bond donors (Lipinski definition) is 1. The Hall–Kier alpha value is -2.80. The molecule has 2 aromatic carbocycles. The molecule has 0 aromatic heterocycles. The number of esters is 1. The molecule has 0 bridgehead atoms. The standard InChI is InChI=1S/C18H17ClFNO5/c1-3-25-16-8-11(4-7-15(16)24-2)18(23)26-10-17(22)21-12-5-6-14(20)13(19)9-12/h4-9H,3,10H2,1-2H3,(H,21,22). The predicted octanol–water partition coefficient (Wildman–Crippen LogP) is 3.68. The summed E-state index contributed by atoms with van der Waals surface area (Å²) in [6.07, 6.45) is 0. The molecule has 0 spiro atoms. The molecule has 1 amide bonds. The molecule has 0 fully saturated rings. The molecule has 0 atom stereocenters. The van der Waals surface area contributed by atoms with E-state index in [1.807, 2.05) is 0 Å². The fraction of sp³-hybridized carbons (Fsp3) is 0.222. The van der Waals surface area contributed by atoms with Gasteiger partial charge in [0.1, 0.15) is 5.82 Å². The first-order chi connectivity index (χ1) is 12.4. The normalized spacial score (nSPS) is 10.2. The van der Waals surface area contributed by atoms with Gasteiger partial charge in [-0.25, -0.2) is 9.18 Å². The van der Waals surface area contributed by atoms with Crippen LogP contribution in [0.25, 0.3) is 0 Å². The van der Waals surface area contributed by atoms with Gasteiger partial charge in [-0.2, -0.15) is 0 Å². The van der Waals surface area contributed by atoms with Crippen LogP contribution >= 0.6 is 11.6 Å². The summed E-state index contributed by atoms with van der Waals surface area (Å²) in [4.78, 5) is 23.9. The quantitative estimate of drug-likeness (QED) is 0.740. The van der Waals surface area contributed by atoms with Crippen molar-refractivity contribution >= 4 is 29.2 Å². The van der Waals surface area contributed by atoms with Gasteiger partial charge in [0, 0.05) is 5.69 Å². The molecule has 0 aliphatic heterocycles. The van der Waals surface area contributed by atoms with Crippen LogP contribution in [0.15, 0.2) is 36.4 Å². The Bertz CT molecular complexity index is 812. The zero-order valence-corrected chi connectivity index (χ0v) is 14.9. The van der Waals surface area contributed by atoms with E-state index in [0.29, 0.717) is 23.8 Å². The summed E-state index contributed by atoms with van der Waals surface area (Å²) in [6.45, 7) is 1.69. The summed E-state index contributed by atoms with van der Waals surface area (Å²) in [5, 5.41) is 2.33. The first-order valence-electron chi connectivity index (χ1n) is 7.67. The Morgan fingerprint density at radius 3 is 2.58 bits per heavy atom. The lowest BCUT2D eigenvalue weighted by Crippen LogP contribution is -2.21. The summed E-state index contributed by atoms with van der Waals surface area (Å²) >= 11 is 5.64. The third-order valence-corrected chi connectivity index (χ3v) is 3.53. The van der Waals surface area contributed by atoms with Crippen molar-refractivity contribution in [1.29, 1.82) is 0 Å². The Balaban J connectivity index is 1.96. The lowest BCUT2D eigenvalue weighted by atomic mass is 10.2. The number of methoxy groups -OCH3 is 1. The number of amides is 1. The van der Waals surface area contributed by atoms with Crippen LogP contribution in [0.4, 0.5) is 10.1 Å². The van der Waals surface area contributed by atoms with Crippen LogP contribution in [0.2, 0.25) is 5.02 Å². The maximum absolute atomic E-state index is 13.1. The number of carbonyl (C=O) groups is 2. The molecule has 0 aliphatic carbocycles. The molecule has 0 saturated heterocycles. The SMILES string of the molecule is CCOc1cc(C(=O)OCC(=O)Nc2ccc(F)c(Cl)c2)ccc1OC. The van der Waals surface area contributed by atoms with Crippen LogP contribution < -0.4 is 14.8 Å². The highest BCUT2D eigenvalue weighted by Crippen LogP contribution is 2.28. The van der Waals surface area contributed by atoms with Gasteiger partial charge >= 0.3 is 5.97 Å².